The maximum Gasteiger partial charge on any atom is 0.272 e. The quantitative estimate of drug-likeness (QED) is 0.232. The average Bonchev–Trinajstić information content (AvgIpc) is 2.82. The van der Waals surface area contributed by atoms with Crippen LogP contribution in [0.4, 0.5) is 0 Å². The van der Waals surface area contributed by atoms with Crippen LogP contribution in [0.15, 0.2) is 82.4 Å². The van der Waals surface area contributed by atoms with Gasteiger partial charge >= 0.3 is 0 Å². The Bertz CT molecular complexity index is 1380. The van der Waals surface area contributed by atoms with E-state index in [-0.39, 0.29) is 17.8 Å². The molecule has 0 bridgehead atoms. The number of pyridine rings is 1. The number of rotatable bonds is 6. The van der Waals surface area contributed by atoms with Crippen LogP contribution < -0.4 is 10.2 Å². The molecule has 0 aliphatic rings. The molecule has 0 atom stereocenters. The van der Waals surface area contributed by atoms with Crippen molar-refractivity contribution in [3.05, 3.63) is 88.4 Å². The number of aromatic hydroxyl groups is 1. The summed E-state index contributed by atoms with van der Waals surface area (Å²) in [6.45, 7) is 5.75. The van der Waals surface area contributed by atoms with Crippen LogP contribution in [-0.2, 0) is 0 Å². The number of phenolic OH excluding ortho intramolecular Hbond substituents is 1. The van der Waals surface area contributed by atoms with Gasteiger partial charge in [0.15, 0.2) is 0 Å². The molecule has 0 saturated heterocycles. The Morgan fingerprint density at radius 1 is 1.03 bits per heavy atom. The Hall–Kier alpha value is -3.71. The Kier molecular flexibility index (Phi) is 6.93. The third-order valence-electron chi connectivity index (χ3n) is 5.14. The van der Waals surface area contributed by atoms with Crippen molar-refractivity contribution in [2.45, 2.75) is 26.9 Å². The SMILES string of the molecule is CC(=NNC(=O)c1cc(-c2ccc(O)cc2)nc2ccc(Br)cc12)c1ccccc1OC(C)C. The Balaban J connectivity index is 1.71. The lowest BCUT2D eigenvalue weighted by molar-refractivity contribution is 0.0956. The minimum atomic E-state index is -0.355. The van der Waals surface area contributed by atoms with Crippen molar-refractivity contribution in [1.29, 1.82) is 0 Å². The number of para-hydroxylation sites is 1. The van der Waals surface area contributed by atoms with Crippen LogP contribution in [0.3, 0.4) is 0 Å². The molecular weight excluding hydrogens is 494 g/mol. The lowest BCUT2D eigenvalue weighted by atomic mass is 10.0. The van der Waals surface area contributed by atoms with Crippen LogP contribution in [0.2, 0.25) is 0 Å². The molecule has 6 nitrogen and oxygen atoms in total. The fourth-order valence-electron chi connectivity index (χ4n) is 3.54. The van der Waals surface area contributed by atoms with Crippen molar-refractivity contribution < 1.29 is 14.6 Å². The van der Waals surface area contributed by atoms with E-state index >= 15 is 0 Å². The van der Waals surface area contributed by atoms with Crippen molar-refractivity contribution in [2.75, 3.05) is 0 Å². The highest BCUT2D eigenvalue weighted by Gasteiger charge is 2.15. The maximum absolute atomic E-state index is 13.3. The molecule has 0 saturated carbocycles. The number of hydrogen-bond acceptors (Lipinski definition) is 5. The van der Waals surface area contributed by atoms with Gasteiger partial charge in [-0.25, -0.2) is 10.4 Å². The van der Waals surface area contributed by atoms with Crippen LogP contribution in [-0.4, -0.2) is 27.8 Å². The van der Waals surface area contributed by atoms with Crippen molar-refractivity contribution in [3.63, 3.8) is 0 Å². The predicted molar refractivity (Wildman–Crippen MR) is 138 cm³/mol. The topological polar surface area (TPSA) is 83.8 Å². The first kappa shape index (κ1) is 23.4. The largest absolute Gasteiger partial charge is 0.508 e. The molecule has 4 rings (SSSR count). The van der Waals surface area contributed by atoms with Crippen LogP contribution in [0, 0.1) is 0 Å². The van der Waals surface area contributed by atoms with E-state index in [0.717, 1.165) is 15.6 Å². The van der Waals surface area contributed by atoms with E-state index in [1.54, 1.807) is 30.3 Å². The van der Waals surface area contributed by atoms with E-state index in [4.69, 9.17) is 9.72 Å². The third kappa shape index (κ3) is 5.26. The third-order valence-corrected chi connectivity index (χ3v) is 5.64. The fraction of sp³-hybridized carbons (Fsp3) is 0.148. The maximum atomic E-state index is 13.3. The van der Waals surface area contributed by atoms with Crippen molar-refractivity contribution >= 4 is 38.5 Å². The first-order valence-electron chi connectivity index (χ1n) is 10.8. The molecule has 0 unspecified atom stereocenters. The number of hydrazone groups is 1. The number of carbonyl (C=O) groups is 1. The number of phenols is 1. The molecule has 1 heterocycles. The lowest BCUT2D eigenvalue weighted by Crippen LogP contribution is -2.20. The second-order valence-corrected chi connectivity index (χ2v) is 8.98. The highest BCUT2D eigenvalue weighted by molar-refractivity contribution is 9.10. The molecule has 4 aromatic rings. The summed E-state index contributed by atoms with van der Waals surface area (Å²) in [7, 11) is 0. The van der Waals surface area contributed by atoms with E-state index in [0.29, 0.717) is 33.6 Å². The van der Waals surface area contributed by atoms with Crippen LogP contribution in [0.25, 0.3) is 22.2 Å². The predicted octanol–water partition coefficient (Wildman–Crippen LogP) is 6.31. The summed E-state index contributed by atoms with van der Waals surface area (Å²) in [5.74, 6) is 0.519. The number of halogens is 1. The van der Waals surface area contributed by atoms with E-state index < -0.39 is 0 Å². The summed E-state index contributed by atoms with van der Waals surface area (Å²) in [6, 6.07) is 21.6. The van der Waals surface area contributed by atoms with E-state index in [1.807, 2.05) is 63.2 Å². The van der Waals surface area contributed by atoms with Crippen molar-refractivity contribution in [1.82, 2.24) is 10.4 Å². The molecule has 0 aliphatic carbocycles. The van der Waals surface area contributed by atoms with Gasteiger partial charge in [0, 0.05) is 21.0 Å². The van der Waals surface area contributed by atoms with Gasteiger partial charge in [-0.1, -0.05) is 28.1 Å². The monoisotopic (exact) mass is 517 g/mol. The van der Waals surface area contributed by atoms with Crippen LogP contribution in [0.5, 0.6) is 11.5 Å². The summed E-state index contributed by atoms with van der Waals surface area (Å²) < 4.78 is 6.72. The smallest absolute Gasteiger partial charge is 0.272 e. The molecule has 0 radical (unpaired) electrons. The minimum absolute atomic E-state index is 0.0171. The van der Waals surface area contributed by atoms with E-state index in [2.05, 4.69) is 26.5 Å². The molecule has 34 heavy (non-hydrogen) atoms. The molecule has 0 spiro atoms. The summed E-state index contributed by atoms with van der Waals surface area (Å²) in [5.41, 5.74) is 6.65. The van der Waals surface area contributed by atoms with Gasteiger partial charge in [-0.3, -0.25) is 4.79 Å². The highest BCUT2D eigenvalue weighted by Crippen LogP contribution is 2.28. The van der Waals surface area contributed by atoms with Gasteiger partial charge in [0.1, 0.15) is 11.5 Å². The number of nitrogens with zero attached hydrogens (tertiary/aromatic N) is 2. The van der Waals surface area contributed by atoms with Gasteiger partial charge in [-0.15, -0.1) is 0 Å². The summed E-state index contributed by atoms with van der Waals surface area (Å²) >= 11 is 3.48. The Morgan fingerprint density at radius 3 is 2.50 bits per heavy atom. The Morgan fingerprint density at radius 2 is 1.76 bits per heavy atom. The standard InChI is InChI=1S/C27H24BrN3O3/c1-16(2)34-26-7-5-4-6-21(26)17(3)30-31-27(33)23-15-25(18-8-11-20(32)12-9-18)29-24-13-10-19(28)14-22(23)24/h4-16,32H,1-3H3,(H,31,33). The van der Waals surface area contributed by atoms with Gasteiger partial charge in [0.2, 0.25) is 0 Å². The second-order valence-electron chi connectivity index (χ2n) is 8.06. The highest BCUT2D eigenvalue weighted by atomic mass is 79.9. The molecule has 7 heteroatoms. The zero-order valence-electron chi connectivity index (χ0n) is 19.0. The molecular formula is C27H24BrN3O3. The zero-order valence-corrected chi connectivity index (χ0v) is 20.6. The van der Waals surface area contributed by atoms with Gasteiger partial charge in [-0.05, 0) is 81.4 Å². The molecule has 2 N–H and O–H groups in total. The number of ether oxygens (including phenoxy) is 1. The van der Waals surface area contributed by atoms with Gasteiger partial charge in [0.25, 0.3) is 5.91 Å². The van der Waals surface area contributed by atoms with Crippen LogP contribution in [0.1, 0.15) is 36.7 Å². The fourth-order valence-corrected chi connectivity index (χ4v) is 3.90. The first-order valence-corrected chi connectivity index (χ1v) is 11.6. The van der Waals surface area contributed by atoms with E-state index in [9.17, 15) is 9.90 Å². The molecule has 172 valence electrons. The molecule has 1 amide bonds. The second kappa shape index (κ2) is 10.1. The van der Waals surface area contributed by atoms with Gasteiger partial charge in [0.05, 0.1) is 28.6 Å². The number of nitrogens with one attached hydrogen (secondary N) is 1. The minimum Gasteiger partial charge on any atom is -0.508 e. The number of amides is 1. The van der Waals surface area contributed by atoms with Gasteiger partial charge < -0.3 is 9.84 Å². The molecule has 1 aromatic heterocycles. The number of aromatic nitrogens is 1. The Labute approximate surface area is 206 Å². The van der Waals surface area contributed by atoms with Crippen LogP contribution >= 0.6 is 15.9 Å². The zero-order chi connectivity index (χ0) is 24.2. The normalized spacial score (nSPS) is 11.6. The summed E-state index contributed by atoms with van der Waals surface area (Å²) in [4.78, 5) is 18.0. The van der Waals surface area contributed by atoms with Crippen molar-refractivity contribution in [3.8, 4) is 22.8 Å². The molecule has 0 aliphatic heterocycles. The molecule has 3 aromatic carbocycles. The molecule has 0 fully saturated rings. The number of benzene rings is 3. The average molecular weight is 518 g/mol. The number of carbonyl (C=O) groups excluding carboxylic acids is 1. The number of hydrogen-bond donors (Lipinski definition) is 2. The number of fused-ring (bicyclic) bond motifs is 1. The lowest BCUT2D eigenvalue weighted by Gasteiger charge is -2.14. The van der Waals surface area contributed by atoms with Crippen molar-refractivity contribution in [2.24, 2.45) is 5.10 Å². The first-order chi connectivity index (χ1) is 16.3. The van der Waals surface area contributed by atoms with E-state index in [1.165, 1.54) is 0 Å². The summed E-state index contributed by atoms with van der Waals surface area (Å²) in [5, 5.41) is 14.7. The summed E-state index contributed by atoms with van der Waals surface area (Å²) in [6.07, 6.45) is 0.0171. The van der Waals surface area contributed by atoms with Gasteiger partial charge in [-0.2, -0.15) is 5.10 Å².